The number of nitrogens with one attached hydrogen (secondary N) is 1. The number of hydroxylamine groups is 1. The molecule has 3 heteroatoms. The first-order valence-electron chi connectivity index (χ1n) is 5.04. The van der Waals surface area contributed by atoms with Crippen molar-refractivity contribution in [1.82, 2.24) is 5.48 Å². The molecule has 0 unspecified atom stereocenters. The molecule has 0 aliphatic carbocycles. The second kappa shape index (κ2) is 4.64. The van der Waals surface area contributed by atoms with Crippen LogP contribution in [0.15, 0.2) is 18.2 Å². The highest BCUT2D eigenvalue weighted by Crippen LogP contribution is 2.33. The van der Waals surface area contributed by atoms with Crippen molar-refractivity contribution < 1.29 is 9.94 Å². The van der Waals surface area contributed by atoms with Crippen LogP contribution in [0.2, 0.25) is 0 Å². The summed E-state index contributed by atoms with van der Waals surface area (Å²) < 4.78 is 5.40. The number of hydrogen-bond acceptors (Lipinski definition) is 3. The maximum atomic E-state index is 8.73. The van der Waals surface area contributed by atoms with E-state index in [1.807, 2.05) is 12.1 Å². The number of rotatable bonds is 3. The Morgan fingerprint density at radius 2 is 2.00 bits per heavy atom. The molecule has 0 aromatic heterocycles. The third kappa shape index (κ3) is 2.70. The van der Waals surface area contributed by atoms with Crippen LogP contribution in [0.3, 0.4) is 0 Å². The SMILES string of the molecule is COc1c(CNO)cccc1C(C)(C)C. The van der Waals surface area contributed by atoms with Crippen molar-refractivity contribution in [2.24, 2.45) is 0 Å². The van der Waals surface area contributed by atoms with E-state index in [0.717, 1.165) is 16.9 Å². The average molecular weight is 209 g/mol. The molecule has 0 amide bonds. The van der Waals surface area contributed by atoms with Crippen molar-refractivity contribution in [2.45, 2.75) is 32.7 Å². The van der Waals surface area contributed by atoms with Crippen LogP contribution in [-0.2, 0) is 12.0 Å². The van der Waals surface area contributed by atoms with Gasteiger partial charge < -0.3 is 9.94 Å². The van der Waals surface area contributed by atoms with Gasteiger partial charge in [0, 0.05) is 12.1 Å². The molecule has 15 heavy (non-hydrogen) atoms. The molecule has 0 spiro atoms. The lowest BCUT2D eigenvalue weighted by Gasteiger charge is -2.23. The molecule has 0 atom stereocenters. The Hall–Kier alpha value is -1.06. The van der Waals surface area contributed by atoms with E-state index in [1.165, 1.54) is 0 Å². The number of methoxy groups -OCH3 is 1. The summed E-state index contributed by atoms with van der Waals surface area (Å²) in [6.45, 7) is 6.82. The topological polar surface area (TPSA) is 41.5 Å². The highest BCUT2D eigenvalue weighted by atomic mass is 16.5. The zero-order chi connectivity index (χ0) is 11.5. The van der Waals surface area contributed by atoms with Gasteiger partial charge in [-0.2, -0.15) is 0 Å². The Kier molecular flexibility index (Phi) is 3.72. The molecule has 1 aromatic carbocycles. The van der Waals surface area contributed by atoms with E-state index in [1.54, 1.807) is 7.11 Å². The molecular weight excluding hydrogens is 190 g/mol. The second-order valence-electron chi connectivity index (χ2n) is 4.58. The number of para-hydroxylation sites is 1. The van der Waals surface area contributed by atoms with E-state index >= 15 is 0 Å². The van der Waals surface area contributed by atoms with Gasteiger partial charge >= 0.3 is 0 Å². The molecule has 1 aromatic rings. The Balaban J connectivity index is 3.22. The van der Waals surface area contributed by atoms with E-state index in [4.69, 9.17) is 9.94 Å². The Bertz CT molecular complexity index is 329. The molecule has 0 heterocycles. The van der Waals surface area contributed by atoms with Crippen LogP contribution in [0.4, 0.5) is 0 Å². The van der Waals surface area contributed by atoms with Gasteiger partial charge in [-0.15, -0.1) is 0 Å². The Labute approximate surface area is 91.0 Å². The summed E-state index contributed by atoms with van der Waals surface area (Å²) in [7, 11) is 1.66. The first kappa shape index (κ1) is 12.0. The fourth-order valence-electron chi connectivity index (χ4n) is 1.64. The molecule has 84 valence electrons. The minimum atomic E-state index is 0.0385. The summed E-state index contributed by atoms with van der Waals surface area (Å²) in [6.07, 6.45) is 0. The predicted octanol–water partition coefficient (Wildman–Crippen LogP) is 2.47. The highest BCUT2D eigenvalue weighted by Gasteiger charge is 2.20. The molecule has 0 radical (unpaired) electrons. The van der Waals surface area contributed by atoms with E-state index in [-0.39, 0.29) is 5.41 Å². The average Bonchev–Trinajstić information content (AvgIpc) is 2.16. The van der Waals surface area contributed by atoms with E-state index in [2.05, 4.69) is 32.3 Å². The van der Waals surface area contributed by atoms with Gasteiger partial charge in [-0.05, 0) is 11.0 Å². The van der Waals surface area contributed by atoms with Gasteiger partial charge in [0.15, 0.2) is 0 Å². The highest BCUT2D eigenvalue weighted by molar-refractivity contribution is 5.45. The monoisotopic (exact) mass is 209 g/mol. The second-order valence-corrected chi connectivity index (χ2v) is 4.58. The van der Waals surface area contributed by atoms with Crippen LogP contribution in [0.5, 0.6) is 5.75 Å². The maximum Gasteiger partial charge on any atom is 0.127 e. The van der Waals surface area contributed by atoms with Gasteiger partial charge in [-0.25, -0.2) is 5.48 Å². The Morgan fingerprint density at radius 1 is 1.33 bits per heavy atom. The van der Waals surface area contributed by atoms with Crippen LogP contribution < -0.4 is 10.2 Å². The summed E-state index contributed by atoms with van der Waals surface area (Å²) in [6, 6.07) is 5.98. The van der Waals surface area contributed by atoms with Gasteiger partial charge in [0.1, 0.15) is 5.75 Å². The number of benzene rings is 1. The molecule has 3 nitrogen and oxygen atoms in total. The lowest BCUT2D eigenvalue weighted by molar-refractivity contribution is 0.160. The minimum Gasteiger partial charge on any atom is -0.496 e. The molecule has 0 aliphatic heterocycles. The first-order chi connectivity index (χ1) is 7.00. The smallest absolute Gasteiger partial charge is 0.127 e. The minimum absolute atomic E-state index is 0.0385. The summed E-state index contributed by atoms with van der Waals surface area (Å²) >= 11 is 0. The van der Waals surface area contributed by atoms with Crippen LogP contribution in [0.25, 0.3) is 0 Å². The van der Waals surface area contributed by atoms with Gasteiger partial charge in [0.25, 0.3) is 0 Å². The standard InChI is InChI=1S/C12H19NO2/c1-12(2,3)10-7-5-6-9(8-13-14)11(10)15-4/h5-7,13-14H,8H2,1-4H3. The van der Waals surface area contributed by atoms with Crippen LogP contribution >= 0.6 is 0 Å². The lowest BCUT2D eigenvalue weighted by Crippen LogP contribution is -2.15. The van der Waals surface area contributed by atoms with Crippen molar-refractivity contribution in [3.8, 4) is 5.75 Å². The van der Waals surface area contributed by atoms with E-state index in [9.17, 15) is 0 Å². The zero-order valence-corrected chi connectivity index (χ0v) is 9.79. The number of hydrogen-bond donors (Lipinski definition) is 2. The normalized spacial score (nSPS) is 11.5. The van der Waals surface area contributed by atoms with Crippen molar-refractivity contribution in [3.05, 3.63) is 29.3 Å². The molecule has 0 saturated heterocycles. The summed E-state index contributed by atoms with van der Waals surface area (Å²) in [5.74, 6) is 0.853. The molecule has 0 bridgehead atoms. The van der Waals surface area contributed by atoms with E-state index < -0.39 is 0 Å². The first-order valence-corrected chi connectivity index (χ1v) is 5.04. The van der Waals surface area contributed by atoms with Crippen LogP contribution in [0, 0.1) is 0 Å². The summed E-state index contributed by atoms with van der Waals surface area (Å²) in [5.41, 5.74) is 4.31. The lowest BCUT2D eigenvalue weighted by atomic mass is 9.85. The van der Waals surface area contributed by atoms with Crippen molar-refractivity contribution >= 4 is 0 Å². The zero-order valence-electron chi connectivity index (χ0n) is 9.79. The van der Waals surface area contributed by atoms with Gasteiger partial charge in [-0.3, -0.25) is 0 Å². The fourth-order valence-corrected chi connectivity index (χ4v) is 1.64. The summed E-state index contributed by atoms with van der Waals surface area (Å²) in [5, 5.41) is 8.73. The molecule has 0 fully saturated rings. The quantitative estimate of drug-likeness (QED) is 0.751. The van der Waals surface area contributed by atoms with Crippen molar-refractivity contribution in [3.63, 3.8) is 0 Å². The van der Waals surface area contributed by atoms with Crippen LogP contribution in [0.1, 0.15) is 31.9 Å². The molecule has 2 N–H and O–H groups in total. The maximum absolute atomic E-state index is 8.73. The third-order valence-electron chi connectivity index (χ3n) is 2.38. The van der Waals surface area contributed by atoms with Crippen molar-refractivity contribution in [2.75, 3.05) is 7.11 Å². The number of ether oxygens (including phenoxy) is 1. The van der Waals surface area contributed by atoms with E-state index in [0.29, 0.717) is 6.54 Å². The van der Waals surface area contributed by atoms with Gasteiger partial charge in [0.05, 0.1) is 7.11 Å². The van der Waals surface area contributed by atoms with Gasteiger partial charge in [-0.1, -0.05) is 39.0 Å². The van der Waals surface area contributed by atoms with Crippen molar-refractivity contribution in [1.29, 1.82) is 0 Å². The third-order valence-corrected chi connectivity index (χ3v) is 2.38. The molecular formula is C12H19NO2. The molecule has 0 saturated carbocycles. The van der Waals surface area contributed by atoms with Crippen LogP contribution in [-0.4, -0.2) is 12.3 Å². The summed E-state index contributed by atoms with van der Waals surface area (Å²) in [4.78, 5) is 0. The van der Waals surface area contributed by atoms with Gasteiger partial charge in [0.2, 0.25) is 0 Å². The molecule has 1 rings (SSSR count). The Morgan fingerprint density at radius 3 is 2.47 bits per heavy atom. The predicted molar refractivity (Wildman–Crippen MR) is 60.3 cm³/mol. The largest absolute Gasteiger partial charge is 0.496 e. The fraction of sp³-hybridized carbons (Fsp3) is 0.500. The molecule has 0 aliphatic rings.